The van der Waals surface area contributed by atoms with E-state index in [0.29, 0.717) is 25.5 Å². The molecule has 160 valence electrons. The molecule has 3 aliphatic rings. The summed E-state index contributed by atoms with van der Waals surface area (Å²) in [5, 5.41) is 7.34. The van der Waals surface area contributed by atoms with Crippen molar-refractivity contribution in [3.8, 4) is 0 Å². The van der Waals surface area contributed by atoms with E-state index >= 15 is 0 Å². The van der Waals surface area contributed by atoms with Gasteiger partial charge in [0.2, 0.25) is 11.9 Å². The molecule has 0 aromatic carbocycles. The van der Waals surface area contributed by atoms with Crippen LogP contribution in [0.1, 0.15) is 27.2 Å². The molecule has 2 unspecified atom stereocenters. The van der Waals surface area contributed by atoms with Gasteiger partial charge in [0.15, 0.2) is 0 Å². The van der Waals surface area contributed by atoms with Gasteiger partial charge in [-0.25, -0.2) is 9.37 Å². The molecule has 3 fully saturated rings. The van der Waals surface area contributed by atoms with E-state index < -0.39 is 11.6 Å². The van der Waals surface area contributed by atoms with Gasteiger partial charge in [-0.05, 0) is 19.4 Å². The summed E-state index contributed by atoms with van der Waals surface area (Å²) in [5.41, 5.74) is -0.611. The van der Waals surface area contributed by atoms with Gasteiger partial charge in [-0.2, -0.15) is 10.1 Å². The summed E-state index contributed by atoms with van der Waals surface area (Å²) < 4.78 is 15.8. The Morgan fingerprint density at radius 1 is 1.20 bits per heavy atom. The Hall–Kier alpha value is -2.71. The number of fused-ring (bicyclic) bond motifs is 1. The zero-order valence-corrected chi connectivity index (χ0v) is 17.9. The lowest BCUT2D eigenvalue weighted by molar-refractivity contribution is -0.133. The molecular weight excluding hydrogens is 385 g/mol. The van der Waals surface area contributed by atoms with Crippen LogP contribution in [0.2, 0.25) is 0 Å². The van der Waals surface area contributed by atoms with Crippen LogP contribution in [0.3, 0.4) is 0 Å². The number of hydrogen-bond donors (Lipinski definition) is 1. The third-order valence-electron chi connectivity index (χ3n) is 7.32. The van der Waals surface area contributed by atoms with Crippen LogP contribution in [0.15, 0.2) is 24.7 Å². The first-order valence-electron chi connectivity index (χ1n) is 10.4. The number of amides is 1. The Balaban J connectivity index is 1.30. The molecule has 8 nitrogen and oxygen atoms in total. The number of anilines is 3. The van der Waals surface area contributed by atoms with E-state index in [9.17, 15) is 9.18 Å². The van der Waals surface area contributed by atoms with Gasteiger partial charge in [-0.15, -0.1) is 0 Å². The smallest absolute Gasteiger partial charge is 0.229 e. The van der Waals surface area contributed by atoms with Crippen molar-refractivity contribution in [2.45, 2.75) is 32.9 Å². The minimum atomic E-state index is -1.32. The molecule has 2 aromatic heterocycles. The third-order valence-corrected chi connectivity index (χ3v) is 7.32. The molecule has 1 N–H and O–H groups in total. The largest absolute Gasteiger partial charge is 0.355 e. The van der Waals surface area contributed by atoms with Gasteiger partial charge in [0, 0.05) is 56.5 Å². The van der Waals surface area contributed by atoms with Crippen LogP contribution in [0, 0.1) is 16.7 Å². The number of rotatable bonds is 4. The van der Waals surface area contributed by atoms with E-state index in [-0.39, 0.29) is 16.7 Å². The highest BCUT2D eigenvalue weighted by Crippen LogP contribution is 2.54. The maximum atomic E-state index is 14.0. The second-order valence-corrected chi connectivity index (χ2v) is 9.97. The fourth-order valence-corrected chi connectivity index (χ4v) is 5.08. The molecule has 4 atom stereocenters. The van der Waals surface area contributed by atoms with Crippen LogP contribution < -0.4 is 10.2 Å². The van der Waals surface area contributed by atoms with Crippen LogP contribution in [0.5, 0.6) is 0 Å². The summed E-state index contributed by atoms with van der Waals surface area (Å²) in [7, 11) is 1.86. The molecule has 2 saturated heterocycles. The second-order valence-electron chi connectivity index (χ2n) is 9.97. The fourth-order valence-electron chi connectivity index (χ4n) is 5.08. The standard InChI is InChI=1S/C21H28FN7O/c1-19-10-28(16-5-6-23-18(26-16)25-14-8-24-27(4)9-14)11-20(19,2)13-29(12-19)17(30)15-7-21(15,3)22/h5-6,8-9,15H,7,10-13H2,1-4H3,(H,23,25,26)/t15?,19-,20+,21?. The summed E-state index contributed by atoms with van der Waals surface area (Å²) in [6.45, 7) is 8.93. The van der Waals surface area contributed by atoms with Crippen molar-refractivity contribution in [2.75, 3.05) is 36.4 Å². The van der Waals surface area contributed by atoms with Crippen molar-refractivity contribution >= 4 is 23.4 Å². The summed E-state index contributed by atoms with van der Waals surface area (Å²) in [5.74, 6) is 0.918. The highest BCUT2D eigenvalue weighted by Gasteiger charge is 2.63. The lowest BCUT2D eigenvalue weighted by Gasteiger charge is -2.29. The van der Waals surface area contributed by atoms with Gasteiger partial charge in [0.1, 0.15) is 11.5 Å². The minimum Gasteiger partial charge on any atom is -0.355 e. The first-order chi connectivity index (χ1) is 14.1. The van der Waals surface area contributed by atoms with Crippen molar-refractivity contribution < 1.29 is 9.18 Å². The van der Waals surface area contributed by atoms with Gasteiger partial charge >= 0.3 is 0 Å². The number of likely N-dealkylation sites (tertiary alicyclic amines) is 1. The maximum Gasteiger partial charge on any atom is 0.229 e. The second kappa shape index (κ2) is 6.15. The number of carbonyl (C=O) groups is 1. The lowest BCUT2D eigenvalue weighted by Crippen LogP contribution is -2.37. The van der Waals surface area contributed by atoms with Gasteiger partial charge in [0.25, 0.3) is 0 Å². The Kier molecular flexibility index (Phi) is 3.95. The molecule has 1 aliphatic carbocycles. The van der Waals surface area contributed by atoms with Crippen molar-refractivity contribution in [1.29, 1.82) is 0 Å². The van der Waals surface area contributed by atoms with Crippen LogP contribution in [-0.2, 0) is 11.8 Å². The van der Waals surface area contributed by atoms with Crippen molar-refractivity contribution in [3.63, 3.8) is 0 Å². The van der Waals surface area contributed by atoms with Gasteiger partial charge in [-0.1, -0.05) is 13.8 Å². The number of carbonyl (C=O) groups excluding carboxylic acids is 1. The molecule has 9 heteroatoms. The average molecular weight is 414 g/mol. The molecule has 5 rings (SSSR count). The normalized spacial score (nSPS) is 34.9. The average Bonchev–Trinajstić information content (AvgIpc) is 2.90. The fraction of sp³-hybridized carbons (Fsp3) is 0.619. The molecule has 0 bridgehead atoms. The predicted molar refractivity (Wildman–Crippen MR) is 111 cm³/mol. The molecule has 1 saturated carbocycles. The molecule has 30 heavy (non-hydrogen) atoms. The Labute approximate surface area is 175 Å². The molecule has 1 amide bonds. The SMILES string of the molecule is Cn1cc(Nc2nccc(N3C[C@]4(C)CN(C(=O)C5CC5(C)F)C[C@]4(C)C3)n2)cn1. The Morgan fingerprint density at radius 2 is 1.87 bits per heavy atom. The van der Waals surface area contributed by atoms with Gasteiger partial charge in [0.05, 0.1) is 17.8 Å². The molecule has 0 spiro atoms. The number of nitrogens with one attached hydrogen (secondary N) is 1. The summed E-state index contributed by atoms with van der Waals surface area (Å²) >= 11 is 0. The highest BCUT2D eigenvalue weighted by atomic mass is 19.1. The Morgan fingerprint density at radius 3 is 2.43 bits per heavy atom. The molecular formula is C21H28FN7O. The minimum absolute atomic E-state index is 0.0200. The molecule has 2 aromatic rings. The molecule has 2 aliphatic heterocycles. The molecule has 4 heterocycles. The first-order valence-corrected chi connectivity index (χ1v) is 10.4. The van der Waals surface area contributed by atoms with Crippen LogP contribution in [0.25, 0.3) is 0 Å². The lowest BCUT2D eigenvalue weighted by atomic mass is 9.71. The van der Waals surface area contributed by atoms with E-state index in [1.54, 1.807) is 17.1 Å². The van der Waals surface area contributed by atoms with Crippen molar-refractivity contribution in [1.82, 2.24) is 24.6 Å². The van der Waals surface area contributed by atoms with E-state index in [1.807, 2.05) is 24.2 Å². The summed E-state index contributed by atoms with van der Waals surface area (Å²) in [6.07, 6.45) is 5.71. The molecule has 0 radical (unpaired) electrons. The zero-order valence-electron chi connectivity index (χ0n) is 17.9. The monoisotopic (exact) mass is 413 g/mol. The first kappa shape index (κ1) is 19.3. The van der Waals surface area contributed by atoms with E-state index in [2.05, 4.69) is 34.1 Å². The number of aryl methyl sites for hydroxylation is 1. The van der Waals surface area contributed by atoms with E-state index in [4.69, 9.17) is 4.98 Å². The van der Waals surface area contributed by atoms with Crippen LogP contribution in [0.4, 0.5) is 21.8 Å². The van der Waals surface area contributed by atoms with Crippen LogP contribution >= 0.6 is 0 Å². The number of aromatic nitrogens is 4. The van der Waals surface area contributed by atoms with Gasteiger partial charge < -0.3 is 15.1 Å². The van der Waals surface area contributed by atoms with Crippen LogP contribution in [-0.4, -0.2) is 62.4 Å². The number of nitrogens with zero attached hydrogens (tertiary/aromatic N) is 6. The maximum absolute atomic E-state index is 14.0. The number of hydrogen-bond acceptors (Lipinski definition) is 6. The summed E-state index contributed by atoms with van der Waals surface area (Å²) in [6, 6.07) is 1.92. The number of alkyl halides is 1. The predicted octanol–water partition coefficient (Wildman–Crippen LogP) is 2.38. The van der Waals surface area contributed by atoms with E-state index in [0.717, 1.165) is 24.6 Å². The van der Waals surface area contributed by atoms with E-state index in [1.165, 1.54) is 6.92 Å². The summed E-state index contributed by atoms with van der Waals surface area (Å²) in [4.78, 5) is 25.9. The third kappa shape index (κ3) is 3.02. The highest BCUT2D eigenvalue weighted by molar-refractivity contribution is 5.84. The van der Waals surface area contributed by atoms with Gasteiger partial charge in [-0.3, -0.25) is 9.48 Å². The Bertz CT molecular complexity index is 987. The number of halogens is 1. The zero-order chi connectivity index (χ0) is 21.3. The van der Waals surface area contributed by atoms with Crippen molar-refractivity contribution in [2.24, 2.45) is 23.8 Å². The van der Waals surface area contributed by atoms with Crippen molar-refractivity contribution in [3.05, 3.63) is 24.7 Å². The quantitative estimate of drug-likeness (QED) is 0.829. The topological polar surface area (TPSA) is 79.2 Å².